The van der Waals surface area contributed by atoms with Gasteiger partial charge in [-0.05, 0) is 42.3 Å². The summed E-state index contributed by atoms with van der Waals surface area (Å²) in [5.74, 6) is -0.222. The molecule has 0 amide bonds. The molecule has 0 bridgehead atoms. The minimum atomic E-state index is -0.222. The van der Waals surface area contributed by atoms with Crippen LogP contribution in [0.4, 0.5) is 10.1 Å². The Bertz CT molecular complexity index is 557. The van der Waals surface area contributed by atoms with Crippen LogP contribution in [0.1, 0.15) is 24.9 Å². The molecule has 4 heteroatoms. The number of hydrogen-bond acceptors (Lipinski definition) is 1. The molecule has 1 atom stereocenters. The highest BCUT2D eigenvalue weighted by atomic mass is 79.9. The van der Waals surface area contributed by atoms with Gasteiger partial charge in [0.25, 0.3) is 0 Å². The second-order valence-electron chi connectivity index (χ2n) is 4.28. The summed E-state index contributed by atoms with van der Waals surface area (Å²) in [4.78, 5) is 0. The smallest absolute Gasteiger partial charge is 0.123 e. The molecular weight excluding hydrogens is 329 g/mol. The maximum Gasteiger partial charge on any atom is 0.123 e. The summed E-state index contributed by atoms with van der Waals surface area (Å²) in [5, 5.41) is 4.05. The van der Waals surface area contributed by atoms with E-state index in [4.69, 9.17) is 11.6 Å². The fraction of sp³-hybridized carbons (Fsp3) is 0.200. The van der Waals surface area contributed by atoms with Crippen molar-refractivity contribution in [2.45, 2.75) is 19.4 Å². The highest BCUT2D eigenvalue weighted by Crippen LogP contribution is 2.30. The maximum absolute atomic E-state index is 12.9. The molecule has 0 spiro atoms. The Labute approximate surface area is 125 Å². The van der Waals surface area contributed by atoms with Gasteiger partial charge in [0.2, 0.25) is 0 Å². The molecule has 100 valence electrons. The molecule has 1 nitrogen and oxygen atoms in total. The van der Waals surface area contributed by atoms with Crippen molar-refractivity contribution in [2.24, 2.45) is 0 Å². The molecule has 2 rings (SSSR count). The Morgan fingerprint density at radius 3 is 2.47 bits per heavy atom. The first-order chi connectivity index (χ1) is 9.10. The normalized spacial score (nSPS) is 12.2. The van der Waals surface area contributed by atoms with Crippen molar-refractivity contribution >= 4 is 33.2 Å². The predicted molar refractivity (Wildman–Crippen MR) is 82.2 cm³/mol. The SMILES string of the molecule is CCC(Nc1ccc(Br)cc1Cl)c1ccc(F)cc1. The van der Waals surface area contributed by atoms with Crippen LogP contribution in [-0.4, -0.2) is 0 Å². The third-order valence-corrected chi connectivity index (χ3v) is 3.75. The van der Waals surface area contributed by atoms with E-state index >= 15 is 0 Å². The van der Waals surface area contributed by atoms with Gasteiger partial charge in [-0.15, -0.1) is 0 Å². The zero-order valence-corrected chi connectivity index (χ0v) is 12.8. The number of rotatable bonds is 4. The topological polar surface area (TPSA) is 12.0 Å². The molecule has 0 saturated heterocycles. The second kappa shape index (κ2) is 6.40. The van der Waals surface area contributed by atoms with E-state index in [1.165, 1.54) is 12.1 Å². The van der Waals surface area contributed by atoms with Crippen LogP contribution >= 0.6 is 27.5 Å². The van der Waals surface area contributed by atoms with Gasteiger partial charge in [0.1, 0.15) is 5.82 Å². The van der Waals surface area contributed by atoms with Gasteiger partial charge in [-0.25, -0.2) is 4.39 Å². The molecule has 0 fully saturated rings. The molecule has 19 heavy (non-hydrogen) atoms. The van der Waals surface area contributed by atoms with E-state index in [1.807, 2.05) is 18.2 Å². The molecule has 0 heterocycles. The third kappa shape index (κ3) is 3.71. The van der Waals surface area contributed by atoms with Crippen LogP contribution in [0.3, 0.4) is 0 Å². The van der Waals surface area contributed by atoms with Crippen LogP contribution < -0.4 is 5.32 Å². The van der Waals surface area contributed by atoms with Crippen molar-refractivity contribution < 1.29 is 4.39 Å². The van der Waals surface area contributed by atoms with Crippen LogP contribution in [0, 0.1) is 5.82 Å². The summed E-state index contributed by atoms with van der Waals surface area (Å²) in [6, 6.07) is 12.4. The lowest BCUT2D eigenvalue weighted by molar-refractivity contribution is 0.625. The highest BCUT2D eigenvalue weighted by molar-refractivity contribution is 9.10. The summed E-state index contributed by atoms with van der Waals surface area (Å²) in [7, 11) is 0. The Morgan fingerprint density at radius 2 is 1.89 bits per heavy atom. The lowest BCUT2D eigenvalue weighted by Gasteiger charge is -2.19. The Morgan fingerprint density at radius 1 is 1.21 bits per heavy atom. The van der Waals surface area contributed by atoms with E-state index in [0.717, 1.165) is 22.1 Å². The molecule has 1 unspecified atom stereocenters. The second-order valence-corrected chi connectivity index (χ2v) is 5.60. The molecule has 0 aromatic heterocycles. The fourth-order valence-corrected chi connectivity index (χ4v) is 2.64. The number of hydrogen-bond donors (Lipinski definition) is 1. The first kappa shape index (κ1) is 14.4. The number of halogens is 3. The maximum atomic E-state index is 12.9. The lowest BCUT2D eigenvalue weighted by Crippen LogP contribution is -2.10. The lowest BCUT2D eigenvalue weighted by atomic mass is 10.0. The first-order valence-corrected chi connectivity index (χ1v) is 7.24. The van der Waals surface area contributed by atoms with Gasteiger partial charge >= 0.3 is 0 Å². The van der Waals surface area contributed by atoms with E-state index in [9.17, 15) is 4.39 Å². The third-order valence-electron chi connectivity index (χ3n) is 2.94. The van der Waals surface area contributed by atoms with Crippen molar-refractivity contribution in [1.29, 1.82) is 0 Å². The Balaban J connectivity index is 2.21. The van der Waals surface area contributed by atoms with Gasteiger partial charge < -0.3 is 5.32 Å². The summed E-state index contributed by atoms with van der Waals surface area (Å²) < 4.78 is 13.9. The predicted octanol–water partition coefficient (Wildman–Crippen LogP) is 5.80. The van der Waals surface area contributed by atoms with Gasteiger partial charge in [-0.1, -0.05) is 46.6 Å². The molecule has 0 radical (unpaired) electrons. The van der Waals surface area contributed by atoms with Gasteiger partial charge in [-0.2, -0.15) is 0 Å². The summed E-state index contributed by atoms with van der Waals surface area (Å²) >= 11 is 9.57. The van der Waals surface area contributed by atoms with E-state index < -0.39 is 0 Å². The van der Waals surface area contributed by atoms with Crippen LogP contribution in [-0.2, 0) is 0 Å². The minimum Gasteiger partial charge on any atom is -0.377 e. The molecule has 2 aromatic rings. The van der Waals surface area contributed by atoms with E-state index in [2.05, 4.69) is 28.2 Å². The van der Waals surface area contributed by atoms with E-state index in [1.54, 1.807) is 12.1 Å². The Hall–Kier alpha value is -1.06. The van der Waals surface area contributed by atoms with E-state index in [0.29, 0.717) is 5.02 Å². The first-order valence-electron chi connectivity index (χ1n) is 6.07. The molecule has 0 aliphatic carbocycles. The van der Waals surface area contributed by atoms with Gasteiger partial charge in [0.05, 0.1) is 16.8 Å². The summed E-state index contributed by atoms with van der Waals surface area (Å²) in [5.41, 5.74) is 1.92. The minimum absolute atomic E-state index is 0.110. The molecule has 0 saturated carbocycles. The van der Waals surface area contributed by atoms with Crippen LogP contribution in [0.25, 0.3) is 0 Å². The van der Waals surface area contributed by atoms with Crippen molar-refractivity contribution in [2.75, 3.05) is 5.32 Å². The van der Waals surface area contributed by atoms with Crippen molar-refractivity contribution in [3.05, 3.63) is 63.3 Å². The van der Waals surface area contributed by atoms with Crippen molar-refractivity contribution in [3.63, 3.8) is 0 Å². The highest BCUT2D eigenvalue weighted by Gasteiger charge is 2.11. The van der Waals surface area contributed by atoms with Gasteiger partial charge in [0.15, 0.2) is 0 Å². The monoisotopic (exact) mass is 341 g/mol. The standard InChI is InChI=1S/C15H14BrClFN/c1-2-14(10-3-6-12(18)7-4-10)19-15-8-5-11(16)9-13(15)17/h3-9,14,19H,2H2,1H3. The average Bonchev–Trinajstić information content (AvgIpc) is 2.39. The van der Waals surface area contributed by atoms with Gasteiger partial charge in [-0.3, -0.25) is 0 Å². The quantitative estimate of drug-likeness (QED) is 0.740. The zero-order valence-electron chi connectivity index (χ0n) is 10.5. The van der Waals surface area contributed by atoms with Gasteiger partial charge in [0, 0.05) is 4.47 Å². The van der Waals surface area contributed by atoms with Crippen molar-refractivity contribution in [3.8, 4) is 0 Å². The number of benzene rings is 2. The zero-order chi connectivity index (χ0) is 13.8. The average molecular weight is 343 g/mol. The molecule has 1 N–H and O–H groups in total. The summed E-state index contributed by atoms with van der Waals surface area (Å²) in [6.45, 7) is 2.08. The number of nitrogens with one attached hydrogen (secondary N) is 1. The summed E-state index contributed by atoms with van der Waals surface area (Å²) in [6.07, 6.45) is 0.887. The molecule has 0 aliphatic rings. The number of anilines is 1. The Kier molecular flexibility index (Phi) is 4.83. The molecular formula is C15H14BrClFN. The van der Waals surface area contributed by atoms with Crippen LogP contribution in [0.15, 0.2) is 46.9 Å². The largest absolute Gasteiger partial charge is 0.377 e. The van der Waals surface area contributed by atoms with Crippen LogP contribution in [0.5, 0.6) is 0 Å². The molecule has 2 aromatic carbocycles. The molecule has 0 aliphatic heterocycles. The fourth-order valence-electron chi connectivity index (χ4n) is 1.91. The van der Waals surface area contributed by atoms with Crippen molar-refractivity contribution in [1.82, 2.24) is 0 Å². The van der Waals surface area contributed by atoms with Crippen LogP contribution in [0.2, 0.25) is 5.02 Å². The van der Waals surface area contributed by atoms with E-state index in [-0.39, 0.29) is 11.9 Å².